The Morgan fingerprint density at radius 3 is 3.04 bits per heavy atom. The lowest BCUT2D eigenvalue weighted by atomic mass is 10.2. The molecule has 1 atom stereocenters. The van der Waals surface area contributed by atoms with Gasteiger partial charge in [-0.05, 0) is 19.1 Å². The smallest absolute Gasteiger partial charge is 0.240 e. The maximum Gasteiger partial charge on any atom is 0.240 e. The minimum Gasteiger partial charge on any atom is -0.491 e. The fourth-order valence-electron chi connectivity index (χ4n) is 2.71. The summed E-state index contributed by atoms with van der Waals surface area (Å²) in [5.74, 6) is 0.313. The number of aromatic nitrogens is 2. The number of hydrogen-bond acceptors (Lipinski definition) is 4. The zero-order chi connectivity index (χ0) is 16.9. The number of para-hydroxylation sites is 2. The highest BCUT2D eigenvalue weighted by Crippen LogP contribution is 2.30. The van der Waals surface area contributed by atoms with Crippen molar-refractivity contribution in [1.82, 2.24) is 14.9 Å². The number of hydrogen-bond donors (Lipinski definition) is 1. The lowest BCUT2D eigenvalue weighted by Gasteiger charge is -2.22. The number of anilines is 1. The van der Waals surface area contributed by atoms with Crippen LogP contribution in [-0.2, 0) is 16.1 Å². The molecule has 7 heteroatoms. The molecule has 2 heterocycles. The Hall–Kier alpha value is -2.83. The number of fused-ring (bicyclic) bond motifs is 1. The summed E-state index contributed by atoms with van der Waals surface area (Å²) < 4.78 is 7.47. The summed E-state index contributed by atoms with van der Waals surface area (Å²) >= 11 is 0. The fraction of sp³-hybridized carbons (Fsp3) is 0.353. The topological polar surface area (TPSA) is 76.5 Å². The Bertz CT molecular complexity index is 714. The van der Waals surface area contributed by atoms with Gasteiger partial charge in [-0.3, -0.25) is 14.5 Å². The molecule has 7 nitrogen and oxygen atoms in total. The first kappa shape index (κ1) is 16.0. The Labute approximate surface area is 140 Å². The van der Waals surface area contributed by atoms with Crippen molar-refractivity contribution in [3.8, 4) is 5.75 Å². The van der Waals surface area contributed by atoms with Crippen molar-refractivity contribution in [3.05, 3.63) is 43.0 Å². The van der Waals surface area contributed by atoms with Crippen molar-refractivity contribution < 1.29 is 14.3 Å². The number of benzene rings is 1. The monoisotopic (exact) mass is 328 g/mol. The van der Waals surface area contributed by atoms with Crippen molar-refractivity contribution in [2.75, 3.05) is 18.1 Å². The van der Waals surface area contributed by atoms with E-state index < -0.39 is 0 Å². The van der Waals surface area contributed by atoms with Crippen LogP contribution < -0.4 is 15.0 Å². The number of imidazole rings is 1. The molecule has 2 aromatic rings. The van der Waals surface area contributed by atoms with Crippen molar-refractivity contribution in [2.45, 2.75) is 25.9 Å². The summed E-state index contributed by atoms with van der Waals surface area (Å²) in [5, 5.41) is 2.91. The lowest BCUT2D eigenvalue weighted by molar-refractivity contribution is -0.124. The highest BCUT2D eigenvalue weighted by Gasteiger charge is 2.25. The Morgan fingerprint density at radius 1 is 1.42 bits per heavy atom. The van der Waals surface area contributed by atoms with Crippen molar-refractivity contribution in [1.29, 1.82) is 0 Å². The molecule has 1 N–H and O–H groups in total. The van der Waals surface area contributed by atoms with E-state index in [1.807, 2.05) is 29.8 Å². The predicted molar refractivity (Wildman–Crippen MR) is 88.7 cm³/mol. The standard InChI is InChI=1S/C17H20N4O3/c1-13(10-20-8-7-18-12-20)19-16(22)11-21-14-4-2-3-5-15(14)24-9-6-17(21)23/h2-5,7-8,12-13H,6,9-11H2,1H3,(H,19,22). The second kappa shape index (κ2) is 7.16. The van der Waals surface area contributed by atoms with Crippen molar-refractivity contribution in [3.63, 3.8) is 0 Å². The third-order valence-corrected chi connectivity index (χ3v) is 3.78. The van der Waals surface area contributed by atoms with E-state index in [1.54, 1.807) is 24.7 Å². The zero-order valence-corrected chi connectivity index (χ0v) is 13.5. The number of rotatable bonds is 5. The molecule has 0 spiro atoms. The second-order valence-corrected chi connectivity index (χ2v) is 5.77. The summed E-state index contributed by atoms with van der Waals surface area (Å²) in [4.78, 5) is 30.1. The first-order valence-corrected chi connectivity index (χ1v) is 7.91. The van der Waals surface area contributed by atoms with E-state index in [4.69, 9.17) is 4.74 Å². The van der Waals surface area contributed by atoms with E-state index >= 15 is 0 Å². The Morgan fingerprint density at radius 2 is 2.25 bits per heavy atom. The van der Waals surface area contributed by atoms with Crippen LogP contribution in [0.1, 0.15) is 13.3 Å². The number of amides is 2. The summed E-state index contributed by atoms with van der Waals surface area (Å²) in [7, 11) is 0. The highest BCUT2D eigenvalue weighted by molar-refractivity contribution is 6.00. The van der Waals surface area contributed by atoms with Crippen molar-refractivity contribution >= 4 is 17.5 Å². The van der Waals surface area contributed by atoms with Crippen LogP contribution in [0.15, 0.2) is 43.0 Å². The highest BCUT2D eigenvalue weighted by atomic mass is 16.5. The quantitative estimate of drug-likeness (QED) is 0.895. The van der Waals surface area contributed by atoms with E-state index in [-0.39, 0.29) is 30.8 Å². The van der Waals surface area contributed by atoms with Crippen LogP contribution in [0.5, 0.6) is 5.75 Å². The van der Waals surface area contributed by atoms with Gasteiger partial charge in [-0.1, -0.05) is 12.1 Å². The minimum absolute atomic E-state index is 0.0204. The molecule has 24 heavy (non-hydrogen) atoms. The first-order valence-electron chi connectivity index (χ1n) is 7.91. The molecule has 1 unspecified atom stereocenters. The molecule has 0 aliphatic carbocycles. The summed E-state index contributed by atoms with van der Waals surface area (Å²) in [6.07, 6.45) is 5.50. The summed E-state index contributed by atoms with van der Waals surface area (Å²) in [5.41, 5.74) is 0.636. The molecule has 1 aromatic carbocycles. The van der Waals surface area contributed by atoms with E-state index in [2.05, 4.69) is 10.3 Å². The number of nitrogens with one attached hydrogen (secondary N) is 1. The largest absolute Gasteiger partial charge is 0.491 e. The van der Waals surface area contributed by atoms with Crippen LogP contribution in [0.25, 0.3) is 0 Å². The molecule has 1 aromatic heterocycles. The maximum absolute atomic E-state index is 12.3. The van der Waals surface area contributed by atoms with Gasteiger partial charge in [-0.15, -0.1) is 0 Å². The molecule has 126 valence electrons. The molecule has 0 saturated heterocycles. The van der Waals surface area contributed by atoms with Crippen LogP contribution in [0.3, 0.4) is 0 Å². The van der Waals surface area contributed by atoms with Crippen LogP contribution >= 0.6 is 0 Å². The van der Waals surface area contributed by atoms with Gasteiger partial charge in [0.2, 0.25) is 11.8 Å². The van der Waals surface area contributed by atoms with E-state index in [0.717, 1.165) is 0 Å². The van der Waals surface area contributed by atoms with Gasteiger partial charge in [0, 0.05) is 25.0 Å². The van der Waals surface area contributed by atoms with E-state index in [0.29, 0.717) is 24.6 Å². The van der Waals surface area contributed by atoms with Crippen LogP contribution in [0.4, 0.5) is 5.69 Å². The number of carbonyl (C=O) groups excluding carboxylic acids is 2. The number of ether oxygens (including phenoxy) is 1. The zero-order valence-electron chi connectivity index (χ0n) is 13.5. The molecule has 0 saturated carbocycles. The molecular formula is C17H20N4O3. The number of carbonyl (C=O) groups is 2. The third-order valence-electron chi connectivity index (χ3n) is 3.78. The van der Waals surface area contributed by atoms with Gasteiger partial charge < -0.3 is 14.6 Å². The van der Waals surface area contributed by atoms with Gasteiger partial charge in [0.15, 0.2) is 0 Å². The minimum atomic E-state index is -0.201. The van der Waals surface area contributed by atoms with Gasteiger partial charge in [0.1, 0.15) is 12.3 Å². The molecule has 1 aliphatic rings. The maximum atomic E-state index is 12.3. The molecular weight excluding hydrogens is 308 g/mol. The van der Waals surface area contributed by atoms with Crippen molar-refractivity contribution in [2.24, 2.45) is 0 Å². The molecule has 1 aliphatic heterocycles. The predicted octanol–water partition coefficient (Wildman–Crippen LogP) is 1.20. The Balaban J connectivity index is 1.65. The normalized spacial score (nSPS) is 15.2. The molecule has 2 amide bonds. The van der Waals surface area contributed by atoms with Gasteiger partial charge >= 0.3 is 0 Å². The fourth-order valence-corrected chi connectivity index (χ4v) is 2.71. The number of nitrogens with zero attached hydrogens (tertiary/aromatic N) is 3. The molecule has 0 bridgehead atoms. The van der Waals surface area contributed by atoms with E-state index in [1.165, 1.54) is 4.90 Å². The van der Waals surface area contributed by atoms with Gasteiger partial charge in [-0.2, -0.15) is 0 Å². The molecule has 0 radical (unpaired) electrons. The summed E-state index contributed by atoms with van der Waals surface area (Å²) in [6.45, 7) is 2.84. The van der Waals surface area contributed by atoms with Gasteiger partial charge in [0.05, 0.1) is 25.0 Å². The molecule has 3 rings (SSSR count). The van der Waals surface area contributed by atoms with Crippen LogP contribution in [0, 0.1) is 0 Å². The van der Waals surface area contributed by atoms with Gasteiger partial charge in [0.25, 0.3) is 0 Å². The lowest BCUT2D eigenvalue weighted by Crippen LogP contribution is -2.44. The average molecular weight is 328 g/mol. The van der Waals surface area contributed by atoms with Gasteiger partial charge in [-0.25, -0.2) is 4.98 Å². The summed E-state index contributed by atoms with van der Waals surface area (Å²) in [6, 6.07) is 7.20. The first-order chi connectivity index (χ1) is 11.6. The average Bonchev–Trinajstić information content (AvgIpc) is 3.00. The molecule has 0 fully saturated rings. The Kier molecular flexibility index (Phi) is 4.79. The second-order valence-electron chi connectivity index (χ2n) is 5.77. The van der Waals surface area contributed by atoms with Crippen LogP contribution in [0.2, 0.25) is 0 Å². The SMILES string of the molecule is CC(Cn1ccnc1)NC(=O)CN1C(=O)CCOc2ccccc21. The van der Waals surface area contributed by atoms with Crippen LogP contribution in [-0.4, -0.2) is 40.6 Å². The van der Waals surface area contributed by atoms with E-state index in [9.17, 15) is 9.59 Å². The third kappa shape index (κ3) is 3.73.